The molecule has 1 saturated carbocycles. The number of nitrogen functional groups attached to an aromatic ring is 1. The molecule has 1 aromatic carbocycles. The van der Waals surface area contributed by atoms with E-state index in [1.54, 1.807) is 0 Å². The Morgan fingerprint density at radius 1 is 1.37 bits per heavy atom. The summed E-state index contributed by atoms with van der Waals surface area (Å²) in [5, 5.41) is 0. The van der Waals surface area contributed by atoms with Crippen LogP contribution in [0.3, 0.4) is 0 Å². The predicted molar refractivity (Wildman–Crippen MR) is 80.0 cm³/mol. The molecule has 0 heterocycles. The highest BCUT2D eigenvalue weighted by Gasteiger charge is 2.33. The Bertz CT molecular complexity index is 444. The minimum Gasteiger partial charge on any atom is -0.397 e. The van der Waals surface area contributed by atoms with Crippen molar-refractivity contribution in [2.45, 2.75) is 39.5 Å². The molecule has 3 nitrogen and oxygen atoms in total. The first-order chi connectivity index (χ1) is 9.15. The van der Waals surface area contributed by atoms with Crippen LogP contribution in [0.15, 0.2) is 24.3 Å². The number of nitrogens with zero attached hydrogens (tertiary/aromatic N) is 1. The number of amides is 1. The molecule has 19 heavy (non-hydrogen) atoms. The van der Waals surface area contributed by atoms with E-state index in [1.165, 1.54) is 12.8 Å². The van der Waals surface area contributed by atoms with Gasteiger partial charge >= 0.3 is 0 Å². The van der Waals surface area contributed by atoms with E-state index in [0.29, 0.717) is 11.6 Å². The van der Waals surface area contributed by atoms with Gasteiger partial charge in [0.25, 0.3) is 0 Å². The van der Waals surface area contributed by atoms with E-state index < -0.39 is 0 Å². The standard InChI is InChI=1S/C16H24N2O/c1-3-11-18(15-10-5-4-9-14(15)17)16(19)13-8-6-7-12(13)2/h4-5,9-10,12-13H,3,6-8,11,17H2,1-2H3. The third-order valence-electron chi connectivity index (χ3n) is 4.12. The van der Waals surface area contributed by atoms with Crippen LogP contribution in [0.2, 0.25) is 0 Å². The smallest absolute Gasteiger partial charge is 0.230 e. The van der Waals surface area contributed by atoms with Crippen LogP contribution in [0.5, 0.6) is 0 Å². The molecule has 1 aromatic rings. The van der Waals surface area contributed by atoms with E-state index in [2.05, 4.69) is 13.8 Å². The maximum absolute atomic E-state index is 12.8. The summed E-state index contributed by atoms with van der Waals surface area (Å²) < 4.78 is 0. The zero-order chi connectivity index (χ0) is 13.8. The van der Waals surface area contributed by atoms with Crippen molar-refractivity contribution in [3.05, 3.63) is 24.3 Å². The first-order valence-corrected chi connectivity index (χ1v) is 7.31. The molecule has 0 aliphatic heterocycles. The van der Waals surface area contributed by atoms with Crippen LogP contribution in [-0.4, -0.2) is 12.5 Å². The van der Waals surface area contributed by atoms with Crippen LogP contribution in [0.25, 0.3) is 0 Å². The predicted octanol–water partition coefficient (Wildman–Crippen LogP) is 3.45. The summed E-state index contributed by atoms with van der Waals surface area (Å²) in [6.45, 7) is 5.03. The van der Waals surface area contributed by atoms with E-state index in [9.17, 15) is 4.79 Å². The average Bonchev–Trinajstić information content (AvgIpc) is 2.82. The summed E-state index contributed by atoms with van der Waals surface area (Å²) in [6, 6.07) is 7.66. The second-order valence-electron chi connectivity index (χ2n) is 5.56. The number of nitrogens with two attached hydrogens (primary N) is 1. The van der Waals surface area contributed by atoms with Crippen molar-refractivity contribution in [1.29, 1.82) is 0 Å². The van der Waals surface area contributed by atoms with Gasteiger partial charge in [0.2, 0.25) is 5.91 Å². The normalized spacial score (nSPS) is 22.4. The van der Waals surface area contributed by atoms with Gasteiger partial charge in [0, 0.05) is 12.5 Å². The Hall–Kier alpha value is -1.51. The van der Waals surface area contributed by atoms with Gasteiger partial charge in [-0.1, -0.05) is 32.4 Å². The minimum absolute atomic E-state index is 0.172. The number of para-hydroxylation sites is 2. The molecule has 1 aliphatic carbocycles. The molecular weight excluding hydrogens is 236 g/mol. The lowest BCUT2D eigenvalue weighted by Crippen LogP contribution is -2.38. The fraction of sp³-hybridized carbons (Fsp3) is 0.562. The number of hydrogen-bond acceptors (Lipinski definition) is 2. The lowest BCUT2D eigenvalue weighted by molar-refractivity contribution is -0.123. The van der Waals surface area contributed by atoms with Gasteiger partial charge in [-0.05, 0) is 37.3 Å². The Morgan fingerprint density at radius 3 is 2.68 bits per heavy atom. The second kappa shape index (κ2) is 6.09. The van der Waals surface area contributed by atoms with Crippen molar-refractivity contribution in [3.8, 4) is 0 Å². The van der Waals surface area contributed by atoms with Gasteiger partial charge in [0.05, 0.1) is 11.4 Å². The molecule has 1 aliphatic rings. The highest BCUT2D eigenvalue weighted by molar-refractivity contribution is 5.98. The molecule has 0 aromatic heterocycles. The first-order valence-electron chi connectivity index (χ1n) is 7.31. The fourth-order valence-corrected chi connectivity index (χ4v) is 3.02. The molecule has 1 amide bonds. The molecular formula is C16H24N2O. The van der Waals surface area contributed by atoms with E-state index >= 15 is 0 Å². The van der Waals surface area contributed by atoms with Crippen molar-refractivity contribution >= 4 is 17.3 Å². The van der Waals surface area contributed by atoms with E-state index in [1.807, 2.05) is 29.2 Å². The monoisotopic (exact) mass is 260 g/mol. The van der Waals surface area contributed by atoms with Crippen molar-refractivity contribution in [1.82, 2.24) is 0 Å². The van der Waals surface area contributed by atoms with Crippen molar-refractivity contribution in [3.63, 3.8) is 0 Å². The van der Waals surface area contributed by atoms with Crippen LogP contribution < -0.4 is 10.6 Å². The summed E-state index contributed by atoms with van der Waals surface area (Å²) >= 11 is 0. The van der Waals surface area contributed by atoms with Gasteiger partial charge in [-0.3, -0.25) is 4.79 Å². The minimum atomic E-state index is 0.172. The Balaban J connectivity index is 2.25. The Kier molecular flexibility index (Phi) is 4.46. The third kappa shape index (κ3) is 2.91. The largest absolute Gasteiger partial charge is 0.397 e. The molecule has 0 saturated heterocycles. The van der Waals surface area contributed by atoms with Crippen molar-refractivity contribution in [2.75, 3.05) is 17.2 Å². The molecule has 2 unspecified atom stereocenters. The van der Waals surface area contributed by atoms with Crippen LogP contribution in [-0.2, 0) is 4.79 Å². The van der Waals surface area contributed by atoms with E-state index in [0.717, 1.165) is 25.1 Å². The van der Waals surface area contributed by atoms with E-state index in [-0.39, 0.29) is 11.8 Å². The average molecular weight is 260 g/mol. The zero-order valence-corrected chi connectivity index (χ0v) is 11.9. The van der Waals surface area contributed by atoms with Gasteiger partial charge < -0.3 is 10.6 Å². The summed E-state index contributed by atoms with van der Waals surface area (Å²) in [7, 11) is 0. The molecule has 2 rings (SSSR count). The third-order valence-corrected chi connectivity index (χ3v) is 4.12. The molecule has 2 N–H and O–H groups in total. The lowest BCUT2D eigenvalue weighted by atomic mass is 9.96. The molecule has 0 radical (unpaired) electrons. The molecule has 1 fully saturated rings. The van der Waals surface area contributed by atoms with Crippen molar-refractivity contribution < 1.29 is 4.79 Å². The highest BCUT2D eigenvalue weighted by Crippen LogP contribution is 2.34. The molecule has 0 spiro atoms. The molecule has 2 atom stereocenters. The zero-order valence-electron chi connectivity index (χ0n) is 11.9. The quantitative estimate of drug-likeness (QED) is 0.843. The summed E-state index contributed by atoms with van der Waals surface area (Å²) in [5.74, 6) is 0.924. The van der Waals surface area contributed by atoms with Gasteiger partial charge in [0.1, 0.15) is 0 Å². The Morgan fingerprint density at radius 2 is 2.11 bits per heavy atom. The van der Waals surface area contributed by atoms with E-state index in [4.69, 9.17) is 5.73 Å². The summed E-state index contributed by atoms with van der Waals surface area (Å²) in [4.78, 5) is 14.7. The number of hydrogen-bond donors (Lipinski definition) is 1. The maximum atomic E-state index is 12.8. The van der Waals surface area contributed by atoms with Crippen LogP contribution in [0.4, 0.5) is 11.4 Å². The first kappa shape index (κ1) is 13.9. The number of anilines is 2. The second-order valence-corrected chi connectivity index (χ2v) is 5.56. The van der Waals surface area contributed by atoms with Gasteiger partial charge in [0.15, 0.2) is 0 Å². The summed E-state index contributed by atoms with van der Waals surface area (Å²) in [6.07, 6.45) is 4.30. The lowest BCUT2D eigenvalue weighted by Gasteiger charge is -2.28. The molecule has 0 bridgehead atoms. The van der Waals surface area contributed by atoms with Gasteiger partial charge in [-0.15, -0.1) is 0 Å². The van der Waals surface area contributed by atoms with Gasteiger partial charge in [-0.2, -0.15) is 0 Å². The number of rotatable bonds is 4. The van der Waals surface area contributed by atoms with Gasteiger partial charge in [-0.25, -0.2) is 0 Å². The number of carbonyl (C=O) groups excluding carboxylic acids is 1. The molecule has 104 valence electrons. The Labute approximate surface area is 115 Å². The highest BCUT2D eigenvalue weighted by atomic mass is 16.2. The van der Waals surface area contributed by atoms with Crippen LogP contribution >= 0.6 is 0 Å². The number of benzene rings is 1. The fourth-order valence-electron chi connectivity index (χ4n) is 3.02. The van der Waals surface area contributed by atoms with Crippen LogP contribution in [0.1, 0.15) is 39.5 Å². The maximum Gasteiger partial charge on any atom is 0.230 e. The SMILES string of the molecule is CCCN(C(=O)C1CCCC1C)c1ccccc1N. The van der Waals surface area contributed by atoms with Crippen molar-refractivity contribution in [2.24, 2.45) is 11.8 Å². The van der Waals surface area contributed by atoms with Crippen LogP contribution in [0, 0.1) is 11.8 Å². The topological polar surface area (TPSA) is 46.3 Å². The number of carbonyl (C=O) groups is 1. The summed E-state index contributed by atoms with van der Waals surface area (Å²) in [5.41, 5.74) is 7.59. The molecule has 3 heteroatoms.